The number of hydrogen-bond acceptors (Lipinski definition) is 2. The third kappa shape index (κ3) is 3.30. The van der Waals surface area contributed by atoms with E-state index in [-0.39, 0.29) is 5.82 Å². The molecular formula is C15H22FNO. The fourth-order valence-electron chi connectivity index (χ4n) is 2.55. The Morgan fingerprint density at radius 3 is 2.72 bits per heavy atom. The molecule has 0 bridgehead atoms. The van der Waals surface area contributed by atoms with Gasteiger partial charge >= 0.3 is 0 Å². The van der Waals surface area contributed by atoms with Gasteiger partial charge in [0.05, 0.1) is 6.10 Å². The van der Waals surface area contributed by atoms with Crippen molar-refractivity contribution in [1.29, 1.82) is 0 Å². The minimum absolute atomic E-state index is 0.332. The van der Waals surface area contributed by atoms with Crippen LogP contribution in [0.15, 0.2) is 24.3 Å². The highest BCUT2D eigenvalue weighted by Gasteiger charge is 2.40. The van der Waals surface area contributed by atoms with Gasteiger partial charge in [-0.3, -0.25) is 0 Å². The summed E-state index contributed by atoms with van der Waals surface area (Å²) in [5.74, 6) is -0.332. The second kappa shape index (κ2) is 5.81. The van der Waals surface area contributed by atoms with Crippen LogP contribution >= 0.6 is 0 Å². The number of nitrogens with one attached hydrogen (secondary N) is 1. The van der Waals surface area contributed by atoms with Crippen molar-refractivity contribution >= 4 is 0 Å². The maximum Gasteiger partial charge on any atom is 0.129 e. The molecule has 1 atom stereocenters. The third-order valence-corrected chi connectivity index (χ3v) is 3.84. The summed E-state index contributed by atoms with van der Waals surface area (Å²) in [6.07, 6.45) is 4.25. The van der Waals surface area contributed by atoms with E-state index < -0.39 is 6.10 Å². The van der Waals surface area contributed by atoms with E-state index in [1.54, 1.807) is 18.2 Å². The zero-order chi connectivity index (χ0) is 13.0. The van der Waals surface area contributed by atoms with Crippen LogP contribution in [-0.4, -0.2) is 18.2 Å². The first-order chi connectivity index (χ1) is 8.67. The molecule has 0 amide bonds. The Morgan fingerprint density at radius 1 is 1.39 bits per heavy atom. The molecule has 2 N–H and O–H groups in total. The predicted molar refractivity (Wildman–Crippen MR) is 70.8 cm³/mol. The molecule has 0 spiro atoms. The lowest BCUT2D eigenvalue weighted by Gasteiger charge is -2.17. The van der Waals surface area contributed by atoms with Crippen molar-refractivity contribution in [2.75, 3.05) is 13.1 Å². The first-order valence-corrected chi connectivity index (χ1v) is 6.80. The lowest BCUT2D eigenvalue weighted by molar-refractivity contribution is 0.167. The molecule has 1 unspecified atom stereocenters. The Hall–Kier alpha value is -0.930. The Balaban J connectivity index is 1.79. The lowest BCUT2D eigenvalue weighted by atomic mass is 10.0. The second-order valence-electron chi connectivity index (χ2n) is 5.42. The fourth-order valence-corrected chi connectivity index (χ4v) is 2.55. The fraction of sp³-hybridized carbons (Fsp3) is 0.600. The zero-order valence-corrected chi connectivity index (χ0v) is 11.0. The highest BCUT2D eigenvalue weighted by atomic mass is 19.1. The number of benzene rings is 1. The van der Waals surface area contributed by atoms with Gasteiger partial charge in [0.25, 0.3) is 0 Å². The van der Waals surface area contributed by atoms with Crippen molar-refractivity contribution in [3.8, 4) is 0 Å². The molecule has 2 nitrogen and oxygen atoms in total. The maximum absolute atomic E-state index is 13.4. The van der Waals surface area contributed by atoms with Crippen LogP contribution < -0.4 is 5.32 Å². The molecular weight excluding hydrogens is 229 g/mol. The monoisotopic (exact) mass is 251 g/mol. The van der Waals surface area contributed by atoms with Crippen LogP contribution in [0.2, 0.25) is 0 Å². The Labute approximate surface area is 108 Å². The van der Waals surface area contributed by atoms with Gasteiger partial charge in [-0.25, -0.2) is 4.39 Å². The van der Waals surface area contributed by atoms with Gasteiger partial charge in [-0.2, -0.15) is 0 Å². The van der Waals surface area contributed by atoms with Gasteiger partial charge in [-0.15, -0.1) is 0 Å². The maximum atomic E-state index is 13.4. The highest BCUT2D eigenvalue weighted by Crippen LogP contribution is 2.48. The van der Waals surface area contributed by atoms with Crippen molar-refractivity contribution < 1.29 is 9.50 Å². The van der Waals surface area contributed by atoms with Gasteiger partial charge in [0.1, 0.15) is 5.82 Å². The molecule has 1 aromatic carbocycles. The topological polar surface area (TPSA) is 32.3 Å². The average Bonchev–Trinajstić information content (AvgIpc) is 3.10. The van der Waals surface area contributed by atoms with E-state index in [1.165, 1.54) is 31.7 Å². The van der Waals surface area contributed by atoms with Gasteiger partial charge in [0.2, 0.25) is 0 Å². The molecule has 1 aliphatic rings. The van der Waals surface area contributed by atoms with E-state index in [9.17, 15) is 9.50 Å². The average molecular weight is 251 g/mol. The van der Waals surface area contributed by atoms with Gasteiger partial charge in [-0.1, -0.05) is 31.5 Å². The van der Waals surface area contributed by atoms with E-state index in [0.717, 1.165) is 6.54 Å². The molecule has 0 aromatic heterocycles. The molecule has 2 rings (SSSR count). The van der Waals surface area contributed by atoms with E-state index in [0.29, 0.717) is 17.5 Å². The summed E-state index contributed by atoms with van der Waals surface area (Å²) >= 11 is 0. The minimum atomic E-state index is -0.761. The standard InChI is InChI=1S/C15H22FNO/c1-2-7-15(8-9-15)11-17-10-14(18)12-5-3-4-6-13(12)16/h3-6,14,17-18H,2,7-11H2,1H3. The molecule has 0 radical (unpaired) electrons. The van der Waals surface area contributed by atoms with E-state index in [1.807, 2.05) is 0 Å². The second-order valence-corrected chi connectivity index (χ2v) is 5.42. The molecule has 1 fully saturated rings. The number of aliphatic hydroxyl groups is 1. The van der Waals surface area contributed by atoms with Gasteiger partial charge < -0.3 is 10.4 Å². The van der Waals surface area contributed by atoms with Crippen molar-refractivity contribution in [3.05, 3.63) is 35.6 Å². The number of hydrogen-bond donors (Lipinski definition) is 2. The van der Waals surface area contributed by atoms with Crippen LogP contribution in [0.1, 0.15) is 44.3 Å². The third-order valence-electron chi connectivity index (χ3n) is 3.84. The Bertz CT molecular complexity index is 390. The van der Waals surface area contributed by atoms with Gasteiger partial charge in [0, 0.05) is 18.7 Å². The lowest BCUT2D eigenvalue weighted by Crippen LogP contribution is -2.28. The molecule has 100 valence electrons. The summed E-state index contributed by atoms with van der Waals surface area (Å²) in [6, 6.07) is 6.42. The summed E-state index contributed by atoms with van der Waals surface area (Å²) in [5.41, 5.74) is 0.842. The SMILES string of the molecule is CCCC1(CNCC(O)c2ccccc2F)CC1. The van der Waals surface area contributed by atoms with Crippen LogP contribution in [0.25, 0.3) is 0 Å². The molecule has 0 aliphatic heterocycles. The van der Waals surface area contributed by atoms with Gasteiger partial charge in [-0.05, 0) is 30.7 Å². The van der Waals surface area contributed by atoms with E-state index >= 15 is 0 Å². The number of rotatable bonds is 7. The summed E-state index contributed by atoms with van der Waals surface area (Å²) < 4.78 is 13.4. The highest BCUT2D eigenvalue weighted by molar-refractivity contribution is 5.20. The van der Waals surface area contributed by atoms with Crippen molar-refractivity contribution in [2.24, 2.45) is 5.41 Å². The first kappa shape index (κ1) is 13.5. The minimum Gasteiger partial charge on any atom is -0.387 e. The van der Waals surface area contributed by atoms with Crippen LogP contribution in [0.3, 0.4) is 0 Å². The Kier molecular flexibility index (Phi) is 4.36. The predicted octanol–water partition coefficient (Wildman–Crippen LogP) is 3.03. The van der Waals surface area contributed by atoms with E-state index in [4.69, 9.17) is 0 Å². The summed E-state index contributed by atoms with van der Waals surface area (Å²) in [5, 5.41) is 13.2. The summed E-state index contributed by atoms with van der Waals surface area (Å²) in [6.45, 7) is 3.56. The molecule has 0 heterocycles. The largest absolute Gasteiger partial charge is 0.387 e. The zero-order valence-electron chi connectivity index (χ0n) is 11.0. The molecule has 1 aromatic rings. The number of aliphatic hydroxyl groups excluding tert-OH is 1. The molecule has 0 saturated heterocycles. The summed E-state index contributed by atoms with van der Waals surface area (Å²) in [4.78, 5) is 0. The summed E-state index contributed by atoms with van der Waals surface area (Å²) in [7, 11) is 0. The van der Waals surface area contributed by atoms with E-state index in [2.05, 4.69) is 12.2 Å². The molecule has 1 saturated carbocycles. The van der Waals surface area contributed by atoms with Crippen LogP contribution in [0.5, 0.6) is 0 Å². The number of halogens is 1. The van der Waals surface area contributed by atoms with Crippen LogP contribution in [0, 0.1) is 11.2 Å². The molecule has 3 heteroatoms. The van der Waals surface area contributed by atoms with Crippen molar-refractivity contribution in [1.82, 2.24) is 5.32 Å². The van der Waals surface area contributed by atoms with Crippen LogP contribution in [0.4, 0.5) is 4.39 Å². The van der Waals surface area contributed by atoms with Gasteiger partial charge in [0.15, 0.2) is 0 Å². The Morgan fingerprint density at radius 2 is 2.11 bits per heavy atom. The van der Waals surface area contributed by atoms with Crippen LogP contribution in [-0.2, 0) is 0 Å². The van der Waals surface area contributed by atoms with Crippen molar-refractivity contribution in [3.63, 3.8) is 0 Å². The molecule has 18 heavy (non-hydrogen) atoms. The smallest absolute Gasteiger partial charge is 0.129 e. The quantitative estimate of drug-likeness (QED) is 0.780. The molecule has 1 aliphatic carbocycles. The first-order valence-electron chi connectivity index (χ1n) is 6.80. The van der Waals surface area contributed by atoms with Crippen molar-refractivity contribution in [2.45, 2.75) is 38.7 Å². The normalized spacial score (nSPS) is 18.6.